The molecule has 0 fully saturated rings. The number of oxazole rings is 1. The number of rotatable bonds is 10. The first-order valence-electron chi connectivity index (χ1n) is 10.4. The molecule has 8 nitrogen and oxygen atoms in total. The third kappa shape index (κ3) is 5.68. The van der Waals surface area contributed by atoms with E-state index < -0.39 is 0 Å². The summed E-state index contributed by atoms with van der Waals surface area (Å²) in [5.74, 6) is 0.109. The second-order valence-electron chi connectivity index (χ2n) is 7.84. The molecule has 0 saturated heterocycles. The fraction of sp³-hybridized carbons (Fsp3) is 0.455. The molecule has 2 amide bonds. The normalized spacial score (nSPS) is 15.3. The second kappa shape index (κ2) is 10.0. The van der Waals surface area contributed by atoms with E-state index >= 15 is 0 Å². The fourth-order valence-electron chi connectivity index (χ4n) is 3.38. The van der Waals surface area contributed by atoms with Crippen molar-refractivity contribution < 1.29 is 18.8 Å². The van der Waals surface area contributed by atoms with E-state index in [2.05, 4.69) is 20.9 Å². The third-order valence-corrected chi connectivity index (χ3v) is 5.05. The van der Waals surface area contributed by atoms with Crippen LogP contribution in [0, 0.1) is 5.92 Å². The number of hydrogen-bond acceptors (Lipinski definition) is 6. The summed E-state index contributed by atoms with van der Waals surface area (Å²) < 4.78 is 4.98. The maximum atomic E-state index is 12.2. The van der Waals surface area contributed by atoms with Crippen LogP contribution in [0.3, 0.4) is 0 Å². The van der Waals surface area contributed by atoms with Gasteiger partial charge in [0.15, 0.2) is 0 Å². The highest BCUT2D eigenvalue weighted by Crippen LogP contribution is 2.31. The third-order valence-electron chi connectivity index (χ3n) is 5.05. The number of unbranched alkanes of at least 4 members (excludes halogenated alkanes) is 3. The molecule has 2 heterocycles. The van der Waals surface area contributed by atoms with Crippen molar-refractivity contribution in [2.45, 2.75) is 58.4 Å². The van der Waals surface area contributed by atoms with Crippen molar-refractivity contribution in [2.24, 2.45) is 5.92 Å². The van der Waals surface area contributed by atoms with Crippen LogP contribution in [-0.4, -0.2) is 28.6 Å². The Labute approximate surface area is 175 Å². The van der Waals surface area contributed by atoms with Gasteiger partial charge < -0.3 is 20.4 Å². The van der Waals surface area contributed by atoms with Crippen molar-refractivity contribution in [1.82, 2.24) is 4.98 Å². The Hall–Kier alpha value is -3.16. The Morgan fingerprint density at radius 1 is 1.13 bits per heavy atom. The van der Waals surface area contributed by atoms with Crippen molar-refractivity contribution >= 4 is 34.7 Å². The van der Waals surface area contributed by atoms with Gasteiger partial charge in [-0.3, -0.25) is 14.4 Å². The van der Waals surface area contributed by atoms with Crippen LogP contribution in [0.4, 0.5) is 17.1 Å². The van der Waals surface area contributed by atoms with Crippen molar-refractivity contribution in [2.75, 3.05) is 16.0 Å². The number of nitrogens with one attached hydrogen (secondary N) is 3. The van der Waals surface area contributed by atoms with Crippen molar-refractivity contribution in [3.8, 4) is 0 Å². The largest absolute Gasteiger partial charge is 0.442 e. The molecule has 8 heteroatoms. The second-order valence-corrected chi connectivity index (χ2v) is 7.84. The number of anilines is 3. The van der Waals surface area contributed by atoms with Gasteiger partial charge in [-0.1, -0.05) is 26.7 Å². The van der Waals surface area contributed by atoms with Gasteiger partial charge in [0.2, 0.25) is 17.6 Å². The van der Waals surface area contributed by atoms with Gasteiger partial charge in [-0.05, 0) is 37.0 Å². The molecule has 3 N–H and O–H groups in total. The summed E-state index contributed by atoms with van der Waals surface area (Å²) in [6.07, 6.45) is 6.89. The molecule has 0 aliphatic carbocycles. The Morgan fingerprint density at radius 3 is 2.60 bits per heavy atom. The molecule has 1 aliphatic heterocycles. The van der Waals surface area contributed by atoms with E-state index in [4.69, 9.17) is 4.42 Å². The van der Waals surface area contributed by atoms with Gasteiger partial charge in [0.05, 0.1) is 17.6 Å². The summed E-state index contributed by atoms with van der Waals surface area (Å²) in [4.78, 5) is 40.0. The average molecular weight is 412 g/mol. The molecule has 1 aliphatic rings. The van der Waals surface area contributed by atoms with E-state index in [1.165, 1.54) is 12.5 Å². The summed E-state index contributed by atoms with van der Waals surface area (Å²) in [6.45, 7) is 3.98. The number of aromatic nitrogens is 1. The average Bonchev–Trinajstić information content (AvgIpc) is 3.24. The minimum absolute atomic E-state index is 0.0673. The van der Waals surface area contributed by atoms with Crippen LogP contribution in [0.25, 0.3) is 0 Å². The van der Waals surface area contributed by atoms with Gasteiger partial charge >= 0.3 is 0 Å². The van der Waals surface area contributed by atoms with Crippen LogP contribution in [0.2, 0.25) is 0 Å². The predicted molar refractivity (Wildman–Crippen MR) is 114 cm³/mol. The first kappa shape index (κ1) is 21.5. The van der Waals surface area contributed by atoms with Crippen molar-refractivity contribution in [3.05, 3.63) is 36.5 Å². The molecule has 1 aromatic heterocycles. The van der Waals surface area contributed by atoms with Crippen LogP contribution in [-0.2, 0) is 9.59 Å². The zero-order chi connectivity index (χ0) is 21.5. The zero-order valence-corrected chi connectivity index (χ0v) is 17.4. The first-order chi connectivity index (χ1) is 14.4. The summed E-state index contributed by atoms with van der Waals surface area (Å²) in [5.41, 5.74) is 2.18. The minimum Gasteiger partial charge on any atom is -0.442 e. The predicted octanol–water partition coefficient (Wildman–Crippen LogP) is 4.23. The molecular formula is C22H28N4O4. The number of benzene rings is 1. The molecule has 0 spiro atoms. The Balaban J connectivity index is 1.37. The van der Waals surface area contributed by atoms with Crippen LogP contribution in [0.15, 0.2) is 35.1 Å². The molecule has 160 valence electrons. The number of carbonyl (C=O) groups is 3. The molecule has 3 rings (SSSR count). The quantitative estimate of drug-likeness (QED) is 0.398. The van der Waals surface area contributed by atoms with Gasteiger partial charge in [0.25, 0.3) is 5.89 Å². The van der Waals surface area contributed by atoms with Crippen LogP contribution in [0.5, 0.6) is 0 Å². The number of Topliss-reactive ketones (excluding diaryl/α,β-unsaturated/α-hetero) is 1. The number of amides is 2. The molecule has 0 radical (unpaired) electrons. The van der Waals surface area contributed by atoms with Gasteiger partial charge in [-0.15, -0.1) is 0 Å². The minimum atomic E-state index is -0.261. The maximum absolute atomic E-state index is 12.2. The van der Waals surface area contributed by atoms with Gasteiger partial charge in [0, 0.05) is 18.5 Å². The topological polar surface area (TPSA) is 113 Å². The van der Waals surface area contributed by atoms with Crippen LogP contribution >= 0.6 is 0 Å². The lowest BCUT2D eigenvalue weighted by molar-refractivity contribution is -0.118. The Bertz CT molecular complexity index is 893. The maximum Gasteiger partial charge on any atom is 0.263 e. The van der Waals surface area contributed by atoms with E-state index in [-0.39, 0.29) is 35.4 Å². The highest BCUT2D eigenvalue weighted by molar-refractivity contribution is 6.04. The van der Waals surface area contributed by atoms with Crippen molar-refractivity contribution in [3.63, 3.8) is 0 Å². The monoisotopic (exact) mass is 412 g/mol. The first-order valence-corrected chi connectivity index (χ1v) is 10.4. The van der Waals surface area contributed by atoms with Gasteiger partial charge in [0.1, 0.15) is 12.3 Å². The molecule has 30 heavy (non-hydrogen) atoms. The Kier molecular flexibility index (Phi) is 7.21. The van der Waals surface area contributed by atoms with Gasteiger partial charge in [-0.2, -0.15) is 0 Å². The number of nitrogens with zero attached hydrogens (tertiary/aromatic N) is 1. The smallest absolute Gasteiger partial charge is 0.263 e. The number of hydrogen-bond donors (Lipinski definition) is 3. The molecular weight excluding hydrogens is 384 g/mol. The summed E-state index contributed by atoms with van der Waals surface area (Å²) in [6, 6.07) is 5.20. The summed E-state index contributed by atoms with van der Waals surface area (Å²) in [5, 5.41) is 9.01. The standard InChI is InChI=1S/C22H28N4O4/c1-14(2)20-21(29)26-17-13-15(9-10-16(17)25-20)24-19(28)8-6-4-3-5-7-18(27)22-23-11-12-30-22/h9-14,20,25H,3-8H2,1-2H3,(H,24,28)(H,26,29). The van der Waals surface area contributed by atoms with Crippen molar-refractivity contribution in [1.29, 1.82) is 0 Å². The molecule has 1 atom stereocenters. The van der Waals surface area contributed by atoms with E-state index in [9.17, 15) is 14.4 Å². The van der Waals surface area contributed by atoms with E-state index in [1.54, 1.807) is 6.07 Å². The number of carbonyl (C=O) groups excluding carboxylic acids is 3. The Morgan fingerprint density at radius 2 is 1.90 bits per heavy atom. The lowest BCUT2D eigenvalue weighted by Crippen LogP contribution is -2.42. The van der Waals surface area contributed by atoms with E-state index in [0.29, 0.717) is 24.2 Å². The SMILES string of the molecule is CC(C)C1Nc2ccc(NC(=O)CCCCCCC(=O)c3ncco3)cc2NC1=O. The van der Waals surface area contributed by atoms with E-state index in [0.717, 1.165) is 31.4 Å². The van der Waals surface area contributed by atoms with Crippen LogP contribution in [0.1, 0.15) is 63.1 Å². The molecule has 1 unspecified atom stereocenters. The highest BCUT2D eigenvalue weighted by atomic mass is 16.3. The number of fused-ring (bicyclic) bond motifs is 1. The summed E-state index contributed by atoms with van der Waals surface area (Å²) in [7, 11) is 0. The fourth-order valence-corrected chi connectivity index (χ4v) is 3.38. The zero-order valence-electron chi connectivity index (χ0n) is 17.4. The molecule has 0 bridgehead atoms. The molecule has 0 saturated carbocycles. The van der Waals surface area contributed by atoms with Gasteiger partial charge in [-0.25, -0.2) is 4.98 Å². The highest BCUT2D eigenvalue weighted by Gasteiger charge is 2.27. The number of ketones is 1. The van der Waals surface area contributed by atoms with E-state index in [1.807, 2.05) is 26.0 Å². The molecule has 1 aromatic carbocycles. The lowest BCUT2D eigenvalue weighted by atomic mass is 10.0. The molecule has 2 aromatic rings. The van der Waals surface area contributed by atoms with Crippen LogP contribution < -0.4 is 16.0 Å². The summed E-state index contributed by atoms with van der Waals surface area (Å²) >= 11 is 0. The lowest BCUT2D eigenvalue weighted by Gasteiger charge is -2.29.